The second-order valence-corrected chi connectivity index (χ2v) is 5.02. The normalized spacial score (nSPS) is 11.6. The van der Waals surface area contributed by atoms with Gasteiger partial charge < -0.3 is 11.1 Å². The summed E-state index contributed by atoms with van der Waals surface area (Å²) in [5.41, 5.74) is 7.96. The van der Waals surface area contributed by atoms with E-state index in [1.807, 2.05) is 13.1 Å². The molecule has 0 radical (unpaired) electrons. The number of aromatic nitrogens is 2. The number of carbonyl (C=O) groups excluding carboxylic acids is 1. The minimum atomic E-state index is -0.286. The molecule has 1 atom stereocenters. The van der Waals surface area contributed by atoms with E-state index < -0.39 is 0 Å². The van der Waals surface area contributed by atoms with E-state index in [-0.39, 0.29) is 30.0 Å². The zero-order chi connectivity index (χ0) is 15.4. The van der Waals surface area contributed by atoms with Crippen LogP contribution in [0.25, 0.3) is 5.69 Å². The molecule has 0 saturated carbocycles. The van der Waals surface area contributed by atoms with Gasteiger partial charge in [-0.2, -0.15) is 5.10 Å². The third-order valence-corrected chi connectivity index (χ3v) is 3.35. The summed E-state index contributed by atoms with van der Waals surface area (Å²) in [6.07, 6.45) is 1.83. The Kier molecular flexibility index (Phi) is 6.52. The van der Waals surface area contributed by atoms with Crippen LogP contribution in [0, 0.1) is 18.7 Å². The molecule has 0 bridgehead atoms. The van der Waals surface area contributed by atoms with Crippen molar-refractivity contribution in [2.45, 2.75) is 20.4 Å². The van der Waals surface area contributed by atoms with Crippen LogP contribution in [0.5, 0.6) is 0 Å². The van der Waals surface area contributed by atoms with Gasteiger partial charge in [0.25, 0.3) is 0 Å². The van der Waals surface area contributed by atoms with Crippen LogP contribution in [-0.4, -0.2) is 22.2 Å². The maximum absolute atomic E-state index is 12.9. The first-order chi connectivity index (χ1) is 10.0. The molecule has 0 aliphatic rings. The Bertz CT molecular complexity index is 627. The lowest BCUT2D eigenvalue weighted by atomic mass is 10.1. The van der Waals surface area contributed by atoms with E-state index in [4.69, 9.17) is 5.73 Å². The summed E-state index contributed by atoms with van der Waals surface area (Å²) >= 11 is 0. The molecule has 22 heavy (non-hydrogen) atoms. The van der Waals surface area contributed by atoms with Gasteiger partial charge in [0.1, 0.15) is 5.82 Å². The molecule has 0 aliphatic carbocycles. The van der Waals surface area contributed by atoms with Crippen LogP contribution in [0.2, 0.25) is 0 Å². The fourth-order valence-electron chi connectivity index (χ4n) is 1.86. The highest BCUT2D eigenvalue weighted by molar-refractivity contribution is 5.85. The molecule has 5 nitrogen and oxygen atoms in total. The van der Waals surface area contributed by atoms with E-state index in [2.05, 4.69) is 10.4 Å². The summed E-state index contributed by atoms with van der Waals surface area (Å²) in [6.45, 7) is 4.37. The molecule has 120 valence electrons. The summed E-state index contributed by atoms with van der Waals surface area (Å²) in [5.74, 6) is -0.574. The van der Waals surface area contributed by atoms with Crippen molar-refractivity contribution in [2.24, 2.45) is 11.7 Å². The van der Waals surface area contributed by atoms with E-state index in [0.29, 0.717) is 13.1 Å². The predicted molar refractivity (Wildman–Crippen MR) is 85.6 cm³/mol. The lowest BCUT2D eigenvalue weighted by Gasteiger charge is -2.08. The van der Waals surface area contributed by atoms with Crippen LogP contribution in [0.3, 0.4) is 0 Å². The van der Waals surface area contributed by atoms with Gasteiger partial charge in [-0.05, 0) is 31.2 Å². The first-order valence-corrected chi connectivity index (χ1v) is 6.80. The van der Waals surface area contributed by atoms with Gasteiger partial charge in [0.15, 0.2) is 0 Å². The average molecular weight is 327 g/mol. The smallest absolute Gasteiger partial charge is 0.224 e. The number of nitrogens with two attached hydrogens (primary N) is 1. The number of aryl methyl sites for hydroxylation is 1. The Morgan fingerprint density at radius 2 is 2.05 bits per heavy atom. The summed E-state index contributed by atoms with van der Waals surface area (Å²) in [7, 11) is 0. The molecule has 1 unspecified atom stereocenters. The van der Waals surface area contributed by atoms with Crippen molar-refractivity contribution in [3.8, 4) is 5.69 Å². The first kappa shape index (κ1) is 18.1. The third kappa shape index (κ3) is 4.29. The van der Waals surface area contributed by atoms with Gasteiger partial charge in [-0.1, -0.05) is 6.92 Å². The fourth-order valence-corrected chi connectivity index (χ4v) is 1.86. The van der Waals surface area contributed by atoms with Gasteiger partial charge in [0.2, 0.25) is 5.91 Å². The topological polar surface area (TPSA) is 72.9 Å². The summed E-state index contributed by atoms with van der Waals surface area (Å²) in [5, 5.41) is 7.20. The van der Waals surface area contributed by atoms with Crippen molar-refractivity contribution in [2.75, 3.05) is 6.54 Å². The Labute approximate surface area is 135 Å². The second kappa shape index (κ2) is 7.91. The van der Waals surface area contributed by atoms with E-state index in [0.717, 1.165) is 16.9 Å². The van der Waals surface area contributed by atoms with Crippen molar-refractivity contribution in [3.05, 3.63) is 47.5 Å². The highest BCUT2D eigenvalue weighted by Crippen LogP contribution is 2.12. The van der Waals surface area contributed by atoms with Gasteiger partial charge in [0.05, 0.1) is 11.4 Å². The molecule has 1 amide bonds. The average Bonchev–Trinajstić information content (AvgIpc) is 2.85. The molecule has 2 aromatic rings. The molecule has 1 heterocycles. The third-order valence-electron chi connectivity index (χ3n) is 3.35. The second-order valence-electron chi connectivity index (χ2n) is 5.02. The van der Waals surface area contributed by atoms with Gasteiger partial charge in [-0.3, -0.25) is 4.79 Å². The number of rotatable bonds is 5. The Balaban J connectivity index is 0.00000242. The van der Waals surface area contributed by atoms with Crippen LogP contribution >= 0.6 is 12.4 Å². The SMILES string of the molecule is Cc1nn(-c2ccc(F)cc2)cc1CNC(=O)C(C)CN.Cl. The predicted octanol–water partition coefficient (Wildman–Crippen LogP) is 1.95. The highest BCUT2D eigenvalue weighted by atomic mass is 35.5. The minimum absolute atomic E-state index is 0. The lowest BCUT2D eigenvalue weighted by Crippen LogP contribution is -2.32. The molecule has 7 heteroatoms. The lowest BCUT2D eigenvalue weighted by molar-refractivity contribution is -0.124. The maximum Gasteiger partial charge on any atom is 0.224 e. The summed E-state index contributed by atoms with van der Waals surface area (Å²) in [6, 6.07) is 6.08. The largest absolute Gasteiger partial charge is 0.352 e. The molecule has 0 spiro atoms. The Hall–Kier alpha value is -1.92. The number of nitrogens with zero attached hydrogens (tertiary/aromatic N) is 2. The van der Waals surface area contributed by atoms with E-state index in [1.165, 1.54) is 12.1 Å². The Morgan fingerprint density at radius 3 is 2.64 bits per heavy atom. The standard InChI is InChI=1S/C15H19FN4O.ClH/c1-10(7-17)15(21)18-8-12-9-20(19-11(12)2)14-5-3-13(16)4-6-14;/h3-6,9-10H,7-8,17H2,1-2H3,(H,18,21);1H. The number of amides is 1. The van der Waals surface area contributed by atoms with E-state index in [9.17, 15) is 9.18 Å². The minimum Gasteiger partial charge on any atom is -0.352 e. The number of hydrogen-bond acceptors (Lipinski definition) is 3. The monoisotopic (exact) mass is 326 g/mol. The van der Waals surface area contributed by atoms with Crippen molar-refractivity contribution in [1.29, 1.82) is 0 Å². The number of benzene rings is 1. The molecule has 0 aliphatic heterocycles. The molecule has 3 N–H and O–H groups in total. The van der Waals surface area contributed by atoms with E-state index in [1.54, 1.807) is 23.7 Å². The molecule has 0 fully saturated rings. The van der Waals surface area contributed by atoms with Gasteiger partial charge >= 0.3 is 0 Å². The Morgan fingerprint density at radius 1 is 1.41 bits per heavy atom. The van der Waals surface area contributed by atoms with Crippen molar-refractivity contribution in [1.82, 2.24) is 15.1 Å². The van der Waals surface area contributed by atoms with E-state index >= 15 is 0 Å². The maximum atomic E-state index is 12.9. The van der Waals surface area contributed by atoms with Crippen LogP contribution < -0.4 is 11.1 Å². The highest BCUT2D eigenvalue weighted by Gasteiger charge is 2.12. The van der Waals surface area contributed by atoms with Gasteiger partial charge in [-0.15, -0.1) is 12.4 Å². The fraction of sp³-hybridized carbons (Fsp3) is 0.333. The number of carbonyl (C=O) groups is 1. The number of hydrogen-bond donors (Lipinski definition) is 2. The molecular formula is C15H20ClFN4O. The zero-order valence-corrected chi connectivity index (χ0v) is 13.4. The number of halogens is 2. The summed E-state index contributed by atoms with van der Waals surface area (Å²) < 4.78 is 14.6. The molecule has 1 aromatic heterocycles. The quantitative estimate of drug-likeness (QED) is 0.882. The molecule has 1 aromatic carbocycles. The van der Waals surface area contributed by atoms with Crippen LogP contribution in [0.4, 0.5) is 4.39 Å². The van der Waals surface area contributed by atoms with Crippen molar-refractivity contribution in [3.63, 3.8) is 0 Å². The van der Waals surface area contributed by atoms with Gasteiger partial charge in [-0.25, -0.2) is 9.07 Å². The molecule has 0 saturated heterocycles. The van der Waals surface area contributed by atoms with Crippen molar-refractivity contribution < 1.29 is 9.18 Å². The first-order valence-electron chi connectivity index (χ1n) is 6.80. The van der Waals surface area contributed by atoms with Crippen LogP contribution in [0.15, 0.2) is 30.5 Å². The number of nitrogens with one attached hydrogen (secondary N) is 1. The van der Waals surface area contributed by atoms with Gasteiger partial charge in [0, 0.05) is 30.8 Å². The van der Waals surface area contributed by atoms with Crippen molar-refractivity contribution >= 4 is 18.3 Å². The summed E-state index contributed by atoms with van der Waals surface area (Å²) in [4.78, 5) is 11.7. The zero-order valence-electron chi connectivity index (χ0n) is 12.5. The molecule has 2 rings (SSSR count). The molecular weight excluding hydrogens is 307 g/mol. The van der Waals surface area contributed by atoms with Crippen LogP contribution in [0.1, 0.15) is 18.2 Å². The van der Waals surface area contributed by atoms with Crippen LogP contribution in [-0.2, 0) is 11.3 Å².